The molecule has 8 rings (SSSR count). The summed E-state index contributed by atoms with van der Waals surface area (Å²) in [6, 6.07) is 4.78. The normalized spacial score (nSPS) is 24.6. The number of benzene rings is 2. The average molecular weight is 652 g/mol. The second-order valence-corrected chi connectivity index (χ2v) is 14.1. The van der Waals surface area contributed by atoms with E-state index in [-0.39, 0.29) is 65.7 Å². The lowest BCUT2D eigenvalue weighted by Gasteiger charge is -2.32. The van der Waals surface area contributed by atoms with Gasteiger partial charge in [0.2, 0.25) is 0 Å². The van der Waals surface area contributed by atoms with Crippen molar-refractivity contribution in [2.45, 2.75) is 44.2 Å². The van der Waals surface area contributed by atoms with Gasteiger partial charge >= 0.3 is 6.01 Å². The fraction of sp³-hybridized carbons (Fsp3) is 0.469. The SMILES string of the molecule is C[C@H]1CN2CCC[C@@]2(COc2nc3c4c(c(Cl)c(-c5ccc(F)c6sc(N)c(C#N)c56)c(F)c4n2)OCC2CCNCCN32)C1. The van der Waals surface area contributed by atoms with Gasteiger partial charge in [-0.3, -0.25) is 4.90 Å². The Hall–Kier alpha value is -3.50. The Bertz CT molecular complexity index is 1910. The maximum Gasteiger partial charge on any atom is 0.319 e. The number of halogens is 3. The lowest BCUT2D eigenvalue weighted by molar-refractivity contribution is 0.107. The molecule has 4 aliphatic rings. The van der Waals surface area contributed by atoms with Gasteiger partial charge < -0.3 is 25.4 Å². The summed E-state index contributed by atoms with van der Waals surface area (Å²) >= 11 is 7.99. The number of ether oxygens (including phenoxy) is 2. The third-order valence-electron chi connectivity index (χ3n) is 9.93. The van der Waals surface area contributed by atoms with Gasteiger partial charge in [-0.25, -0.2) is 8.78 Å². The molecular weight excluding hydrogens is 620 g/mol. The van der Waals surface area contributed by atoms with Crippen molar-refractivity contribution in [3.63, 3.8) is 0 Å². The van der Waals surface area contributed by atoms with Gasteiger partial charge in [-0.15, -0.1) is 11.3 Å². The quantitative estimate of drug-likeness (QED) is 0.287. The Kier molecular flexibility index (Phi) is 6.94. The van der Waals surface area contributed by atoms with E-state index in [1.54, 1.807) is 0 Å². The Morgan fingerprint density at radius 3 is 2.98 bits per heavy atom. The number of thiophene rings is 1. The molecule has 0 amide bonds. The van der Waals surface area contributed by atoms with Crippen molar-refractivity contribution in [1.29, 1.82) is 5.26 Å². The van der Waals surface area contributed by atoms with Crippen molar-refractivity contribution in [3.05, 3.63) is 34.4 Å². The van der Waals surface area contributed by atoms with Crippen LogP contribution in [0.25, 0.3) is 32.1 Å². The average Bonchev–Trinajstić information content (AvgIpc) is 3.55. The van der Waals surface area contributed by atoms with Gasteiger partial charge in [-0.05, 0) is 56.3 Å². The fourth-order valence-corrected chi connectivity index (χ4v) is 9.26. The van der Waals surface area contributed by atoms with Crippen LogP contribution in [-0.2, 0) is 0 Å². The highest BCUT2D eigenvalue weighted by atomic mass is 35.5. The Balaban J connectivity index is 1.35. The predicted molar refractivity (Wildman–Crippen MR) is 171 cm³/mol. The second-order valence-electron chi connectivity index (χ2n) is 12.7. The Morgan fingerprint density at radius 2 is 2.13 bits per heavy atom. The monoisotopic (exact) mass is 651 g/mol. The highest BCUT2D eigenvalue weighted by Crippen LogP contribution is 2.51. The summed E-state index contributed by atoms with van der Waals surface area (Å²) < 4.78 is 45.0. The fourth-order valence-electron chi connectivity index (χ4n) is 7.97. The molecule has 2 aromatic carbocycles. The van der Waals surface area contributed by atoms with E-state index in [0.717, 1.165) is 63.2 Å². The van der Waals surface area contributed by atoms with Crippen molar-refractivity contribution < 1.29 is 18.3 Å². The van der Waals surface area contributed by atoms with Crippen LogP contribution >= 0.6 is 22.9 Å². The van der Waals surface area contributed by atoms with E-state index in [1.807, 2.05) is 0 Å². The number of hydrogen-bond donors (Lipinski definition) is 2. The molecule has 9 nitrogen and oxygen atoms in total. The van der Waals surface area contributed by atoms with Crippen molar-refractivity contribution in [3.8, 4) is 29.0 Å². The van der Waals surface area contributed by atoms with Crippen LogP contribution in [0.1, 0.15) is 38.2 Å². The molecule has 0 aliphatic carbocycles. The molecule has 6 heterocycles. The van der Waals surface area contributed by atoms with Gasteiger partial charge in [0.05, 0.1) is 32.3 Å². The topological polar surface area (TPSA) is 113 Å². The van der Waals surface area contributed by atoms with Crippen LogP contribution in [0, 0.1) is 28.9 Å². The van der Waals surface area contributed by atoms with Crippen LogP contribution in [0.15, 0.2) is 12.1 Å². The molecule has 0 radical (unpaired) electrons. The Morgan fingerprint density at radius 1 is 1.27 bits per heavy atom. The minimum atomic E-state index is -0.723. The van der Waals surface area contributed by atoms with Gasteiger partial charge in [-0.2, -0.15) is 15.2 Å². The van der Waals surface area contributed by atoms with Crippen LogP contribution < -0.4 is 25.4 Å². The van der Waals surface area contributed by atoms with E-state index in [1.165, 1.54) is 12.1 Å². The molecule has 3 saturated heterocycles. The summed E-state index contributed by atoms with van der Waals surface area (Å²) in [7, 11) is 0. The number of anilines is 2. The first-order chi connectivity index (χ1) is 21.8. The highest BCUT2D eigenvalue weighted by molar-refractivity contribution is 7.23. The molecule has 4 aromatic rings. The summed E-state index contributed by atoms with van der Waals surface area (Å²) in [4.78, 5) is 14.2. The molecule has 234 valence electrons. The number of aromatic nitrogens is 2. The van der Waals surface area contributed by atoms with Crippen LogP contribution in [0.5, 0.6) is 11.8 Å². The second kappa shape index (κ2) is 10.8. The number of nitrogens with zero attached hydrogens (tertiary/aromatic N) is 5. The first kappa shape index (κ1) is 28.9. The molecule has 2 aromatic heterocycles. The van der Waals surface area contributed by atoms with Crippen LogP contribution in [0.3, 0.4) is 0 Å². The number of nitrogens with one attached hydrogen (secondary N) is 1. The summed E-state index contributed by atoms with van der Waals surface area (Å²) in [5.41, 5.74) is 6.32. The van der Waals surface area contributed by atoms with Crippen molar-refractivity contribution in [2.75, 3.05) is 56.6 Å². The predicted octanol–water partition coefficient (Wildman–Crippen LogP) is 5.71. The maximum absolute atomic E-state index is 17.1. The van der Waals surface area contributed by atoms with Gasteiger partial charge in [0.25, 0.3) is 0 Å². The van der Waals surface area contributed by atoms with Crippen LogP contribution in [-0.4, -0.2) is 72.4 Å². The summed E-state index contributed by atoms with van der Waals surface area (Å²) in [5.74, 6) is 0.0715. The molecule has 1 unspecified atom stereocenters. The number of rotatable bonds is 4. The zero-order valence-corrected chi connectivity index (χ0v) is 26.3. The zero-order valence-electron chi connectivity index (χ0n) is 24.8. The Labute approximate surface area is 267 Å². The van der Waals surface area contributed by atoms with Crippen molar-refractivity contribution >= 4 is 54.7 Å². The molecule has 0 spiro atoms. The number of fused-ring (bicyclic) bond motifs is 4. The van der Waals surface area contributed by atoms with E-state index < -0.39 is 11.6 Å². The number of nitrogen functional groups attached to an aromatic ring is 1. The first-order valence-electron chi connectivity index (χ1n) is 15.4. The molecule has 3 fully saturated rings. The van der Waals surface area contributed by atoms with E-state index in [2.05, 4.69) is 33.1 Å². The lowest BCUT2D eigenvalue weighted by Crippen LogP contribution is -2.43. The number of hydrogen-bond acceptors (Lipinski definition) is 10. The van der Waals surface area contributed by atoms with E-state index >= 15 is 4.39 Å². The van der Waals surface area contributed by atoms with Gasteiger partial charge in [0.1, 0.15) is 41.4 Å². The summed E-state index contributed by atoms with van der Waals surface area (Å²) in [6.45, 7) is 7.22. The van der Waals surface area contributed by atoms with Crippen molar-refractivity contribution in [1.82, 2.24) is 20.2 Å². The van der Waals surface area contributed by atoms with E-state index in [0.29, 0.717) is 36.9 Å². The molecule has 0 bridgehead atoms. The molecular formula is C32H32ClF2N7O2S. The minimum absolute atomic E-state index is 0.00186. The number of nitrogens with two attached hydrogens (primary N) is 1. The van der Waals surface area contributed by atoms with Crippen LogP contribution in [0.2, 0.25) is 5.02 Å². The molecule has 0 saturated carbocycles. The smallest absolute Gasteiger partial charge is 0.319 e. The first-order valence-corrected chi connectivity index (χ1v) is 16.6. The molecule has 3 N–H and O–H groups in total. The number of nitriles is 1. The molecule has 45 heavy (non-hydrogen) atoms. The van der Waals surface area contributed by atoms with Crippen LogP contribution in [0.4, 0.5) is 19.6 Å². The highest BCUT2D eigenvalue weighted by Gasteiger charge is 2.48. The van der Waals surface area contributed by atoms with Crippen molar-refractivity contribution in [2.24, 2.45) is 5.92 Å². The summed E-state index contributed by atoms with van der Waals surface area (Å²) in [6.07, 6.45) is 3.97. The summed E-state index contributed by atoms with van der Waals surface area (Å²) in [5, 5.41) is 14.1. The molecule has 4 aliphatic heterocycles. The lowest BCUT2D eigenvalue weighted by atomic mass is 9.92. The standard InChI is InChI=1S/C32H32ClF2N7O2S/c1-16-11-32(6-2-9-41(32)13-16)15-44-31-39-26-23-27(43-14-17-5-7-38-8-10-42(17)30(23)40-31)24(33)22(25(26)35)18-3-4-20(34)28-21(18)19(12-36)29(37)45-28/h3-4,16-17,38H,2,5-11,13-15,37H2,1H3/t16-,17?,32+/m1/s1. The molecule has 13 heteroatoms. The largest absolute Gasteiger partial charge is 0.489 e. The zero-order chi connectivity index (χ0) is 31.0. The van der Waals surface area contributed by atoms with Gasteiger partial charge in [0, 0.05) is 30.6 Å². The minimum Gasteiger partial charge on any atom is -0.489 e. The van der Waals surface area contributed by atoms with Gasteiger partial charge in [-0.1, -0.05) is 24.6 Å². The third kappa shape index (κ3) is 4.42. The van der Waals surface area contributed by atoms with E-state index in [9.17, 15) is 9.65 Å². The molecule has 3 atom stereocenters. The van der Waals surface area contributed by atoms with Gasteiger partial charge in [0.15, 0.2) is 11.6 Å². The third-order valence-corrected chi connectivity index (χ3v) is 11.3. The maximum atomic E-state index is 17.1. The van der Waals surface area contributed by atoms with E-state index in [4.69, 9.17) is 31.8 Å².